The van der Waals surface area contributed by atoms with Crippen molar-refractivity contribution in [2.45, 2.75) is 13.3 Å². The molecule has 3 N–H and O–H groups in total. The highest BCUT2D eigenvalue weighted by atomic mass is 16.6. The topological polar surface area (TPSA) is 102 Å². The maximum atomic E-state index is 5.48. The van der Waals surface area contributed by atoms with E-state index in [0.717, 1.165) is 18.7 Å². The number of rotatable bonds is 8. The molecular weight excluding hydrogens is 236 g/mol. The third-order valence-electron chi connectivity index (χ3n) is 1.98. The fraction of sp³-hybridized carbons (Fsp3) is 0.700. The van der Waals surface area contributed by atoms with Crippen LogP contribution in [0.15, 0.2) is 9.78 Å². The lowest BCUT2D eigenvalue weighted by Crippen LogP contribution is -2.19. The minimum absolute atomic E-state index is 0.260. The predicted octanol–water partition coefficient (Wildman–Crippen LogP) is 0.408. The van der Waals surface area contributed by atoms with Crippen LogP contribution in [0.3, 0.4) is 0 Å². The zero-order valence-corrected chi connectivity index (χ0v) is 11.0. The van der Waals surface area contributed by atoms with Crippen molar-refractivity contribution in [3.8, 4) is 0 Å². The lowest BCUT2D eigenvalue weighted by atomic mass is 10.4. The first-order valence-corrected chi connectivity index (χ1v) is 5.71. The number of nitrogens with two attached hydrogens (primary N) is 1. The molecular formula is C10H20N6O2. The van der Waals surface area contributed by atoms with Crippen molar-refractivity contribution in [3.05, 3.63) is 0 Å². The molecule has 102 valence electrons. The number of hydrogen-bond donors (Lipinski definition) is 2. The minimum Gasteiger partial charge on any atom is -0.396 e. The SMILES string of the molecule is C/C(CN(C)C)=N\OCCCNc1nonc1N. The molecule has 1 aromatic rings. The summed E-state index contributed by atoms with van der Waals surface area (Å²) < 4.78 is 4.45. The Kier molecular flexibility index (Phi) is 5.92. The second kappa shape index (κ2) is 7.49. The molecule has 0 spiro atoms. The van der Waals surface area contributed by atoms with Crippen molar-refractivity contribution in [1.82, 2.24) is 15.2 Å². The highest BCUT2D eigenvalue weighted by Gasteiger charge is 2.03. The normalized spacial score (nSPS) is 11.9. The fourth-order valence-electron chi connectivity index (χ4n) is 1.30. The molecule has 0 aromatic carbocycles. The van der Waals surface area contributed by atoms with E-state index >= 15 is 0 Å². The van der Waals surface area contributed by atoms with Crippen LogP contribution in [0.1, 0.15) is 13.3 Å². The van der Waals surface area contributed by atoms with Crippen LogP contribution in [0.2, 0.25) is 0 Å². The zero-order chi connectivity index (χ0) is 13.4. The van der Waals surface area contributed by atoms with E-state index in [1.165, 1.54) is 0 Å². The molecule has 0 saturated carbocycles. The van der Waals surface area contributed by atoms with Gasteiger partial charge in [0.2, 0.25) is 11.6 Å². The molecule has 8 heteroatoms. The summed E-state index contributed by atoms with van der Waals surface area (Å²) in [7, 11) is 3.97. The maximum absolute atomic E-state index is 5.48. The lowest BCUT2D eigenvalue weighted by molar-refractivity contribution is 0.142. The summed E-state index contributed by atoms with van der Waals surface area (Å²) in [6, 6.07) is 0. The van der Waals surface area contributed by atoms with E-state index in [2.05, 4.69) is 25.4 Å². The second-order valence-electron chi connectivity index (χ2n) is 4.18. The summed E-state index contributed by atoms with van der Waals surface area (Å²) in [5.74, 6) is 0.720. The van der Waals surface area contributed by atoms with Crippen LogP contribution in [0.5, 0.6) is 0 Å². The third kappa shape index (κ3) is 5.48. The number of nitrogens with zero attached hydrogens (tertiary/aromatic N) is 4. The van der Waals surface area contributed by atoms with Crippen LogP contribution in [0.4, 0.5) is 11.6 Å². The molecule has 0 atom stereocenters. The average Bonchev–Trinajstić information content (AvgIpc) is 2.68. The molecule has 0 saturated heterocycles. The van der Waals surface area contributed by atoms with Gasteiger partial charge in [0.15, 0.2) is 0 Å². The Morgan fingerprint density at radius 2 is 2.28 bits per heavy atom. The lowest BCUT2D eigenvalue weighted by Gasteiger charge is -2.08. The summed E-state index contributed by atoms with van der Waals surface area (Å²) >= 11 is 0. The van der Waals surface area contributed by atoms with E-state index < -0.39 is 0 Å². The van der Waals surface area contributed by atoms with E-state index in [1.54, 1.807) is 0 Å². The van der Waals surface area contributed by atoms with Gasteiger partial charge in [-0.25, -0.2) is 4.63 Å². The van der Waals surface area contributed by atoms with Gasteiger partial charge in [0.25, 0.3) is 0 Å². The van der Waals surface area contributed by atoms with E-state index in [0.29, 0.717) is 19.0 Å². The predicted molar refractivity (Wildman–Crippen MR) is 69.4 cm³/mol. The second-order valence-corrected chi connectivity index (χ2v) is 4.18. The summed E-state index contributed by atoms with van der Waals surface area (Å²) in [5, 5.41) is 14.0. The van der Waals surface area contributed by atoms with Gasteiger partial charge in [-0.15, -0.1) is 0 Å². The Balaban J connectivity index is 2.07. The van der Waals surface area contributed by atoms with Gasteiger partial charge < -0.3 is 20.8 Å². The Labute approximate surface area is 106 Å². The largest absolute Gasteiger partial charge is 0.396 e. The molecule has 18 heavy (non-hydrogen) atoms. The molecule has 8 nitrogen and oxygen atoms in total. The van der Waals surface area contributed by atoms with Crippen LogP contribution < -0.4 is 11.1 Å². The van der Waals surface area contributed by atoms with Crippen molar-refractivity contribution in [3.63, 3.8) is 0 Å². The van der Waals surface area contributed by atoms with Crippen LogP contribution in [0, 0.1) is 0 Å². The smallest absolute Gasteiger partial charge is 0.215 e. The van der Waals surface area contributed by atoms with Gasteiger partial charge in [-0.2, -0.15) is 0 Å². The van der Waals surface area contributed by atoms with Crippen LogP contribution >= 0.6 is 0 Å². The van der Waals surface area contributed by atoms with E-state index in [-0.39, 0.29) is 5.82 Å². The van der Waals surface area contributed by atoms with Gasteiger partial charge in [-0.05, 0) is 31.3 Å². The van der Waals surface area contributed by atoms with Crippen LogP contribution in [0.25, 0.3) is 0 Å². The zero-order valence-electron chi connectivity index (χ0n) is 11.0. The molecule has 1 heterocycles. The Hall–Kier alpha value is -1.83. The standard InChI is InChI=1S/C10H20N6O2/c1-8(7-16(2)3)13-17-6-4-5-12-10-9(11)14-18-15-10/h4-7H2,1-3H3,(H2,11,14)(H,12,15)/b13-8+. The third-order valence-corrected chi connectivity index (χ3v) is 1.98. The van der Waals surface area contributed by atoms with Gasteiger partial charge in [0, 0.05) is 19.5 Å². The molecule has 1 aromatic heterocycles. The molecule has 0 aliphatic rings. The molecule has 0 unspecified atom stereocenters. The van der Waals surface area contributed by atoms with Gasteiger partial charge >= 0.3 is 0 Å². The van der Waals surface area contributed by atoms with Crippen molar-refractivity contribution in [2.75, 3.05) is 44.8 Å². The minimum atomic E-state index is 0.260. The number of anilines is 2. The number of nitrogens with one attached hydrogen (secondary N) is 1. The average molecular weight is 256 g/mol. The molecule has 1 rings (SSSR count). The van der Waals surface area contributed by atoms with Gasteiger partial charge in [0.1, 0.15) is 6.61 Å². The summed E-state index contributed by atoms with van der Waals surface area (Å²) in [6.45, 7) is 3.92. The van der Waals surface area contributed by atoms with Crippen molar-refractivity contribution in [1.29, 1.82) is 0 Å². The highest BCUT2D eigenvalue weighted by Crippen LogP contribution is 2.09. The van der Waals surface area contributed by atoms with E-state index in [1.807, 2.05) is 25.9 Å². The monoisotopic (exact) mass is 256 g/mol. The van der Waals surface area contributed by atoms with Crippen molar-refractivity contribution >= 4 is 17.3 Å². The molecule has 0 fully saturated rings. The Bertz CT molecular complexity index is 376. The molecule has 0 aliphatic carbocycles. The quantitative estimate of drug-likeness (QED) is 0.394. The van der Waals surface area contributed by atoms with Gasteiger partial charge in [-0.3, -0.25) is 0 Å². The first-order chi connectivity index (χ1) is 8.59. The van der Waals surface area contributed by atoms with E-state index in [4.69, 9.17) is 10.6 Å². The first-order valence-electron chi connectivity index (χ1n) is 5.71. The summed E-state index contributed by atoms with van der Waals surface area (Å²) in [4.78, 5) is 7.21. The maximum Gasteiger partial charge on any atom is 0.215 e. The Morgan fingerprint density at radius 1 is 1.50 bits per heavy atom. The molecule has 0 aliphatic heterocycles. The van der Waals surface area contributed by atoms with Crippen molar-refractivity contribution < 1.29 is 9.47 Å². The summed E-state index contributed by atoms with van der Waals surface area (Å²) in [6.07, 6.45) is 0.783. The van der Waals surface area contributed by atoms with E-state index in [9.17, 15) is 0 Å². The molecule has 0 radical (unpaired) electrons. The Morgan fingerprint density at radius 3 is 2.89 bits per heavy atom. The number of aromatic nitrogens is 2. The number of oxime groups is 1. The molecule has 0 bridgehead atoms. The number of hydrogen-bond acceptors (Lipinski definition) is 8. The van der Waals surface area contributed by atoms with Gasteiger partial charge in [0.05, 0.1) is 5.71 Å². The van der Waals surface area contributed by atoms with Crippen LogP contribution in [-0.4, -0.2) is 54.7 Å². The molecule has 0 amide bonds. The summed E-state index contributed by atoms with van der Waals surface area (Å²) in [5.41, 5.74) is 6.42. The fourth-order valence-corrected chi connectivity index (χ4v) is 1.30. The van der Waals surface area contributed by atoms with Gasteiger partial charge in [-0.1, -0.05) is 5.16 Å². The highest BCUT2D eigenvalue weighted by molar-refractivity contribution is 5.83. The van der Waals surface area contributed by atoms with Crippen molar-refractivity contribution in [2.24, 2.45) is 5.16 Å². The van der Waals surface area contributed by atoms with Crippen LogP contribution in [-0.2, 0) is 4.84 Å². The first kappa shape index (κ1) is 14.2. The number of nitrogen functional groups attached to an aromatic ring is 1.